The Morgan fingerprint density at radius 3 is 2.65 bits per heavy atom. The van der Waals surface area contributed by atoms with Crippen LogP contribution in [0.3, 0.4) is 0 Å². The Kier molecular flexibility index (Phi) is 6.90. The lowest BCUT2D eigenvalue weighted by molar-refractivity contribution is 0.0992. The highest BCUT2D eigenvalue weighted by atomic mass is 35.5. The zero-order chi connectivity index (χ0) is 24.4. The number of carbonyl (C=O) groups is 1. The van der Waals surface area contributed by atoms with Crippen molar-refractivity contribution in [1.82, 2.24) is 9.78 Å². The number of rotatable bonds is 7. The molecule has 2 heterocycles. The third kappa shape index (κ3) is 5.08. The number of aromatic nitrogens is 2. The van der Waals surface area contributed by atoms with E-state index >= 15 is 0 Å². The molecule has 4 rings (SSSR count). The van der Waals surface area contributed by atoms with Crippen LogP contribution in [0.25, 0.3) is 0 Å². The maximum Gasteiger partial charge on any atom is 0.291 e. The second-order valence-electron chi connectivity index (χ2n) is 7.49. The standard InChI is InChI=1S/C24H19Cl2F2N3O3/c1-13-23(14(2)31(30-13)11-17-18(25)4-3-5-20(17)28)29-24(32)22-9-7-16(34-22)12-33-21-8-6-15(27)10-19(21)26/h3-10H,11-12H2,1-2H3,(H,29,32). The fourth-order valence-corrected chi connectivity index (χ4v) is 3.80. The number of nitrogens with one attached hydrogen (secondary N) is 1. The first-order valence-corrected chi connectivity index (χ1v) is 10.9. The summed E-state index contributed by atoms with van der Waals surface area (Å²) < 4.78 is 40.0. The van der Waals surface area contributed by atoms with Crippen molar-refractivity contribution < 1.29 is 22.7 Å². The molecule has 2 aromatic carbocycles. The SMILES string of the molecule is Cc1nn(Cc2c(F)cccc2Cl)c(C)c1NC(=O)c1ccc(COc2ccc(F)cc2Cl)o1. The van der Waals surface area contributed by atoms with Gasteiger partial charge in [-0.3, -0.25) is 9.48 Å². The van der Waals surface area contributed by atoms with Crippen molar-refractivity contribution in [3.63, 3.8) is 0 Å². The van der Waals surface area contributed by atoms with E-state index < -0.39 is 17.5 Å². The monoisotopic (exact) mass is 505 g/mol. The van der Waals surface area contributed by atoms with Gasteiger partial charge in [0.15, 0.2) is 5.76 Å². The Labute approximate surface area is 204 Å². The number of aryl methyl sites for hydroxylation is 1. The zero-order valence-electron chi connectivity index (χ0n) is 18.2. The molecule has 0 radical (unpaired) electrons. The molecule has 0 unspecified atom stereocenters. The number of benzene rings is 2. The average Bonchev–Trinajstić information content (AvgIpc) is 3.36. The molecule has 176 valence electrons. The summed E-state index contributed by atoms with van der Waals surface area (Å²) in [7, 11) is 0. The highest BCUT2D eigenvalue weighted by molar-refractivity contribution is 6.32. The lowest BCUT2D eigenvalue weighted by Crippen LogP contribution is -2.13. The zero-order valence-corrected chi connectivity index (χ0v) is 19.7. The molecule has 1 amide bonds. The van der Waals surface area contributed by atoms with Crippen LogP contribution in [0.4, 0.5) is 14.5 Å². The number of carbonyl (C=O) groups excluding carboxylic acids is 1. The molecule has 2 aromatic heterocycles. The maximum atomic E-state index is 14.2. The molecule has 0 saturated carbocycles. The van der Waals surface area contributed by atoms with E-state index in [0.717, 1.165) is 6.07 Å². The largest absolute Gasteiger partial charge is 0.484 e. The van der Waals surface area contributed by atoms with Gasteiger partial charge < -0.3 is 14.5 Å². The molecule has 0 aliphatic heterocycles. The summed E-state index contributed by atoms with van der Waals surface area (Å²) in [5.41, 5.74) is 1.99. The first kappa shape index (κ1) is 23.8. The smallest absolute Gasteiger partial charge is 0.291 e. The highest BCUT2D eigenvalue weighted by Crippen LogP contribution is 2.27. The molecule has 4 aromatic rings. The molecular formula is C24H19Cl2F2N3O3. The van der Waals surface area contributed by atoms with Gasteiger partial charge in [0, 0.05) is 10.6 Å². The number of nitrogens with zero attached hydrogens (tertiary/aromatic N) is 2. The van der Waals surface area contributed by atoms with E-state index in [0.29, 0.717) is 39.2 Å². The number of ether oxygens (including phenoxy) is 1. The molecule has 0 saturated heterocycles. The minimum absolute atomic E-state index is 0.00196. The van der Waals surface area contributed by atoms with Gasteiger partial charge in [0.05, 0.1) is 28.6 Å². The quantitative estimate of drug-likeness (QED) is 0.308. The van der Waals surface area contributed by atoms with Crippen molar-refractivity contribution in [2.45, 2.75) is 27.0 Å². The number of anilines is 1. The van der Waals surface area contributed by atoms with E-state index in [9.17, 15) is 13.6 Å². The fourth-order valence-electron chi connectivity index (χ4n) is 3.36. The topological polar surface area (TPSA) is 69.3 Å². The molecule has 0 spiro atoms. The van der Waals surface area contributed by atoms with Crippen molar-refractivity contribution >= 4 is 34.8 Å². The van der Waals surface area contributed by atoms with Gasteiger partial charge in [-0.25, -0.2) is 8.78 Å². The van der Waals surface area contributed by atoms with Gasteiger partial charge in [-0.05, 0) is 56.3 Å². The molecule has 0 aliphatic rings. The predicted octanol–water partition coefficient (Wildman–Crippen LogP) is 6.56. The van der Waals surface area contributed by atoms with Crippen molar-refractivity contribution in [3.05, 3.63) is 98.7 Å². The molecule has 0 bridgehead atoms. The first-order chi connectivity index (χ1) is 16.2. The van der Waals surface area contributed by atoms with Gasteiger partial charge >= 0.3 is 0 Å². The Bertz CT molecular complexity index is 1350. The van der Waals surface area contributed by atoms with E-state index in [1.165, 1.54) is 30.3 Å². The summed E-state index contributed by atoms with van der Waals surface area (Å²) in [6.07, 6.45) is 0. The lowest BCUT2D eigenvalue weighted by atomic mass is 10.2. The summed E-state index contributed by atoms with van der Waals surface area (Å²) in [6.45, 7) is 3.61. The van der Waals surface area contributed by atoms with Crippen LogP contribution in [0.2, 0.25) is 10.0 Å². The molecule has 34 heavy (non-hydrogen) atoms. The van der Waals surface area contributed by atoms with Crippen LogP contribution in [0.1, 0.15) is 33.3 Å². The minimum Gasteiger partial charge on any atom is -0.484 e. The Morgan fingerprint density at radius 2 is 1.91 bits per heavy atom. The van der Waals surface area contributed by atoms with Crippen LogP contribution in [0.5, 0.6) is 5.75 Å². The van der Waals surface area contributed by atoms with E-state index in [-0.39, 0.29) is 23.9 Å². The first-order valence-electron chi connectivity index (χ1n) is 10.2. The van der Waals surface area contributed by atoms with Crippen molar-refractivity contribution in [3.8, 4) is 5.75 Å². The lowest BCUT2D eigenvalue weighted by Gasteiger charge is -2.09. The van der Waals surface area contributed by atoms with E-state index in [1.54, 1.807) is 30.7 Å². The molecule has 0 aliphatic carbocycles. The van der Waals surface area contributed by atoms with Crippen LogP contribution in [-0.4, -0.2) is 15.7 Å². The van der Waals surface area contributed by atoms with Gasteiger partial charge in [0.25, 0.3) is 5.91 Å². The second kappa shape index (κ2) is 9.87. The summed E-state index contributed by atoms with van der Waals surface area (Å²) in [5.74, 6) is -0.658. The second-order valence-corrected chi connectivity index (χ2v) is 8.30. The van der Waals surface area contributed by atoms with E-state index in [1.807, 2.05) is 0 Å². The highest BCUT2D eigenvalue weighted by Gasteiger charge is 2.19. The molecular weight excluding hydrogens is 487 g/mol. The van der Waals surface area contributed by atoms with Gasteiger partial charge in [-0.15, -0.1) is 0 Å². The normalized spacial score (nSPS) is 11.0. The van der Waals surface area contributed by atoms with Crippen LogP contribution in [0, 0.1) is 25.5 Å². The number of halogens is 4. The third-order valence-corrected chi connectivity index (χ3v) is 5.79. The molecule has 1 N–H and O–H groups in total. The third-order valence-electron chi connectivity index (χ3n) is 5.14. The Morgan fingerprint density at radius 1 is 1.12 bits per heavy atom. The van der Waals surface area contributed by atoms with Gasteiger partial charge in [0.2, 0.25) is 0 Å². The molecule has 0 fully saturated rings. The van der Waals surface area contributed by atoms with Crippen molar-refractivity contribution in [2.24, 2.45) is 0 Å². The Balaban J connectivity index is 1.44. The minimum atomic E-state index is -0.485. The number of amides is 1. The Hall–Kier alpha value is -3.36. The predicted molar refractivity (Wildman–Crippen MR) is 125 cm³/mol. The van der Waals surface area contributed by atoms with Crippen LogP contribution in [-0.2, 0) is 13.2 Å². The van der Waals surface area contributed by atoms with E-state index in [4.69, 9.17) is 32.4 Å². The number of hydrogen-bond acceptors (Lipinski definition) is 4. The van der Waals surface area contributed by atoms with Crippen LogP contribution < -0.4 is 10.1 Å². The molecule has 10 heteroatoms. The number of furan rings is 1. The summed E-state index contributed by atoms with van der Waals surface area (Å²) >= 11 is 12.1. The van der Waals surface area contributed by atoms with Crippen molar-refractivity contribution in [2.75, 3.05) is 5.32 Å². The molecule has 0 atom stereocenters. The maximum absolute atomic E-state index is 14.2. The van der Waals surface area contributed by atoms with Gasteiger partial charge in [-0.1, -0.05) is 29.3 Å². The van der Waals surface area contributed by atoms with Gasteiger partial charge in [-0.2, -0.15) is 5.10 Å². The van der Waals surface area contributed by atoms with E-state index in [2.05, 4.69) is 10.4 Å². The summed E-state index contributed by atoms with van der Waals surface area (Å²) in [4.78, 5) is 12.7. The summed E-state index contributed by atoms with van der Waals surface area (Å²) in [5, 5.41) is 7.62. The number of hydrogen-bond donors (Lipinski definition) is 1. The van der Waals surface area contributed by atoms with Crippen LogP contribution >= 0.6 is 23.2 Å². The van der Waals surface area contributed by atoms with Crippen molar-refractivity contribution in [1.29, 1.82) is 0 Å². The summed E-state index contributed by atoms with van der Waals surface area (Å²) in [6, 6.07) is 11.4. The average molecular weight is 506 g/mol. The molecule has 6 nitrogen and oxygen atoms in total. The fraction of sp³-hybridized carbons (Fsp3) is 0.167. The van der Waals surface area contributed by atoms with Crippen LogP contribution in [0.15, 0.2) is 52.9 Å². The van der Waals surface area contributed by atoms with Gasteiger partial charge in [0.1, 0.15) is 29.8 Å².